The summed E-state index contributed by atoms with van der Waals surface area (Å²) < 4.78 is 16.5. The summed E-state index contributed by atoms with van der Waals surface area (Å²) in [7, 11) is 0. The zero-order chi connectivity index (χ0) is 12.6. The van der Waals surface area contributed by atoms with Gasteiger partial charge in [0.2, 0.25) is 0 Å². The fourth-order valence-corrected chi connectivity index (χ4v) is 2.27. The second-order valence-corrected chi connectivity index (χ2v) is 4.78. The van der Waals surface area contributed by atoms with Gasteiger partial charge in [0.15, 0.2) is 6.29 Å². The number of hydrogen-bond acceptors (Lipinski definition) is 4. The van der Waals surface area contributed by atoms with Crippen LogP contribution in [0.2, 0.25) is 0 Å². The smallest absolute Gasteiger partial charge is 0.180 e. The maximum atomic E-state index is 6.29. The average molecular weight is 245 g/mol. The molecule has 1 saturated carbocycles. The number of nitrogens with two attached hydrogens (primary N) is 1. The highest BCUT2D eigenvalue weighted by molar-refractivity contribution is 4.86. The van der Waals surface area contributed by atoms with Crippen LogP contribution < -0.4 is 5.73 Å². The van der Waals surface area contributed by atoms with E-state index in [1.165, 1.54) is 19.3 Å². The molecule has 0 aromatic heterocycles. The summed E-state index contributed by atoms with van der Waals surface area (Å²) in [4.78, 5) is 0. The first-order valence-electron chi connectivity index (χ1n) is 6.80. The van der Waals surface area contributed by atoms with E-state index in [1.807, 2.05) is 13.8 Å². The molecule has 1 aliphatic carbocycles. The van der Waals surface area contributed by atoms with Crippen molar-refractivity contribution in [2.75, 3.05) is 26.4 Å². The molecule has 0 spiro atoms. The Morgan fingerprint density at radius 1 is 1.06 bits per heavy atom. The molecule has 0 atom stereocenters. The summed E-state index contributed by atoms with van der Waals surface area (Å²) in [6.45, 7) is 6.28. The van der Waals surface area contributed by atoms with E-state index >= 15 is 0 Å². The fourth-order valence-electron chi connectivity index (χ4n) is 2.27. The quantitative estimate of drug-likeness (QED) is 0.665. The van der Waals surface area contributed by atoms with E-state index in [4.69, 9.17) is 19.9 Å². The molecule has 0 aromatic carbocycles. The van der Waals surface area contributed by atoms with Crippen molar-refractivity contribution in [3.05, 3.63) is 0 Å². The molecule has 0 saturated heterocycles. The van der Waals surface area contributed by atoms with E-state index in [1.54, 1.807) is 0 Å². The highest BCUT2D eigenvalue weighted by atomic mass is 16.7. The molecule has 0 amide bonds. The summed E-state index contributed by atoms with van der Waals surface area (Å²) in [5, 5.41) is 0. The summed E-state index contributed by atoms with van der Waals surface area (Å²) in [5.74, 6) is 0. The largest absolute Gasteiger partial charge is 0.374 e. The topological polar surface area (TPSA) is 53.7 Å². The molecule has 1 rings (SSSR count). The van der Waals surface area contributed by atoms with Crippen molar-refractivity contribution in [1.82, 2.24) is 0 Å². The maximum absolute atomic E-state index is 6.29. The molecule has 4 heteroatoms. The summed E-state index contributed by atoms with van der Waals surface area (Å²) in [6, 6.07) is 0. The third-order valence-corrected chi connectivity index (χ3v) is 3.20. The maximum Gasteiger partial charge on any atom is 0.180 e. The van der Waals surface area contributed by atoms with Gasteiger partial charge in [0.05, 0.1) is 13.2 Å². The van der Waals surface area contributed by atoms with Crippen LogP contribution >= 0.6 is 0 Å². The standard InChI is InChI=1S/C13H27NO3/c1-3-16-12(17-4-2)10-15-11-13(14)8-6-5-7-9-13/h12H,3-11,14H2,1-2H3. The monoisotopic (exact) mass is 245 g/mol. The lowest BCUT2D eigenvalue weighted by atomic mass is 9.83. The van der Waals surface area contributed by atoms with Crippen molar-refractivity contribution in [2.45, 2.75) is 57.8 Å². The number of hydrogen-bond donors (Lipinski definition) is 1. The van der Waals surface area contributed by atoms with Gasteiger partial charge in [0, 0.05) is 18.8 Å². The first kappa shape index (κ1) is 14.9. The van der Waals surface area contributed by atoms with Crippen molar-refractivity contribution in [1.29, 1.82) is 0 Å². The van der Waals surface area contributed by atoms with Gasteiger partial charge in [-0.25, -0.2) is 0 Å². The zero-order valence-electron chi connectivity index (χ0n) is 11.2. The molecule has 0 aliphatic heterocycles. The van der Waals surface area contributed by atoms with Gasteiger partial charge in [-0.05, 0) is 26.7 Å². The van der Waals surface area contributed by atoms with Crippen LogP contribution in [0.1, 0.15) is 46.0 Å². The first-order valence-corrected chi connectivity index (χ1v) is 6.80. The van der Waals surface area contributed by atoms with E-state index in [0.717, 1.165) is 12.8 Å². The summed E-state index contributed by atoms with van der Waals surface area (Å²) >= 11 is 0. The van der Waals surface area contributed by atoms with Crippen molar-refractivity contribution >= 4 is 0 Å². The molecule has 0 heterocycles. The van der Waals surface area contributed by atoms with Crippen LogP contribution in [0.3, 0.4) is 0 Å². The Bertz CT molecular complexity index is 187. The molecule has 2 N–H and O–H groups in total. The summed E-state index contributed by atoms with van der Waals surface area (Å²) in [6.07, 6.45) is 5.64. The molecule has 4 nitrogen and oxygen atoms in total. The van der Waals surface area contributed by atoms with Crippen molar-refractivity contribution in [3.8, 4) is 0 Å². The molecule has 0 bridgehead atoms. The van der Waals surface area contributed by atoms with Crippen LogP contribution in [0.4, 0.5) is 0 Å². The molecule has 0 radical (unpaired) electrons. The van der Waals surface area contributed by atoms with E-state index in [-0.39, 0.29) is 11.8 Å². The predicted octanol–water partition coefficient (Wildman–Crippen LogP) is 2.06. The normalized spacial score (nSPS) is 19.8. The molecule has 0 aromatic rings. The zero-order valence-corrected chi connectivity index (χ0v) is 11.2. The van der Waals surface area contributed by atoms with Crippen LogP contribution in [-0.4, -0.2) is 38.3 Å². The fraction of sp³-hybridized carbons (Fsp3) is 1.00. The van der Waals surface area contributed by atoms with Crippen molar-refractivity contribution < 1.29 is 14.2 Å². The SMILES string of the molecule is CCOC(COCC1(N)CCCCC1)OCC. The minimum atomic E-state index is -0.253. The molecule has 0 unspecified atom stereocenters. The number of ether oxygens (including phenoxy) is 3. The Balaban J connectivity index is 2.19. The van der Waals surface area contributed by atoms with Crippen LogP contribution in [0, 0.1) is 0 Å². The highest BCUT2D eigenvalue weighted by Gasteiger charge is 2.27. The second kappa shape index (κ2) is 8.03. The predicted molar refractivity (Wildman–Crippen MR) is 67.9 cm³/mol. The van der Waals surface area contributed by atoms with Crippen molar-refractivity contribution in [3.63, 3.8) is 0 Å². The third-order valence-electron chi connectivity index (χ3n) is 3.20. The van der Waals surface area contributed by atoms with E-state index in [2.05, 4.69) is 0 Å². The van der Waals surface area contributed by atoms with Gasteiger partial charge in [-0.3, -0.25) is 0 Å². The number of rotatable bonds is 8. The minimum absolute atomic E-state index is 0.124. The third kappa shape index (κ3) is 5.82. The van der Waals surface area contributed by atoms with Crippen LogP contribution in [0.5, 0.6) is 0 Å². The van der Waals surface area contributed by atoms with Gasteiger partial charge >= 0.3 is 0 Å². The van der Waals surface area contributed by atoms with Crippen LogP contribution in [0.25, 0.3) is 0 Å². The molecular weight excluding hydrogens is 218 g/mol. The molecular formula is C13H27NO3. The Kier molecular flexibility index (Phi) is 7.04. The lowest BCUT2D eigenvalue weighted by molar-refractivity contribution is -0.170. The van der Waals surface area contributed by atoms with Gasteiger partial charge in [-0.2, -0.15) is 0 Å². The van der Waals surface area contributed by atoms with Gasteiger partial charge in [0.25, 0.3) is 0 Å². The second-order valence-electron chi connectivity index (χ2n) is 4.78. The average Bonchev–Trinajstić information content (AvgIpc) is 2.30. The van der Waals surface area contributed by atoms with Crippen LogP contribution in [-0.2, 0) is 14.2 Å². The van der Waals surface area contributed by atoms with Gasteiger partial charge in [-0.15, -0.1) is 0 Å². The molecule has 1 fully saturated rings. The van der Waals surface area contributed by atoms with Crippen LogP contribution in [0.15, 0.2) is 0 Å². The first-order chi connectivity index (χ1) is 8.20. The highest BCUT2D eigenvalue weighted by Crippen LogP contribution is 2.26. The van der Waals surface area contributed by atoms with Gasteiger partial charge < -0.3 is 19.9 Å². The summed E-state index contributed by atoms with van der Waals surface area (Å²) in [5.41, 5.74) is 6.16. The Labute approximate surface area is 105 Å². The lowest BCUT2D eigenvalue weighted by Crippen LogP contribution is -2.46. The Hall–Kier alpha value is -0.160. The molecule has 102 valence electrons. The minimum Gasteiger partial charge on any atom is -0.374 e. The van der Waals surface area contributed by atoms with E-state index in [0.29, 0.717) is 26.4 Å². The lowest BCUT2D eigenvalue weighted by Gasteiger charge is -2.33. The van der Waals surface area contributed by atoms with Gasteiger partial charge in [0.1, 0.15) is 0 Å². The Morgan fingerprint density at radius 2 is 1.65 bits per heavy atom. The van der Waals surface area contributed by atoms with E-state index in [9.17, 15) is 0 Å². The Morgan fingerprint density at radius 3 is 2.18 bits per heavy atom. The molecule has 1 aliphatic rings. The van der Waals surface area contributed by atoms with E-state index < -0.39 is 0 Å². The van der Waals surface area contributed by atoms with Gasteiger partial charge in [-0.1, -0.05) is 19.3 Å². The molecule has 17 heavy (non-hydrogen) atoms. The van der Waals surface area contributed by atoms with Crippen molar-refractivity contribution in [2.24, 2.45) is 5.73 Å².